The smallest absolute Gasteiger partial charge is 0.319 e. The molecule has 1 aliphatic rings. The second kappa shape index (κ2) is 7.39. The average Bonchev–Trinajstić information content (AvgIpc) is 3.44. The maximum atomic E-state index is 13.1. The number of hydrogen-bond acceptors (Lipinski definition) is 2. The third-order valence-corrected chi connectivity index (χ3v) is 4.39. The molecule has 1 aliphatic carbocycles. The zero-order valence-electron chi connectivity index (χ0n) is 14.2. The number of anilines is 2. The minimum absolute atomic E-state index is 0.103. The zero-order valence-corrected chi connectivity index (χ0v) is 14.2. The summed E-state index contributed by atoms with van der Waals surface area (Å²) in [5.41, 5.74) is 1.51. The zero-order chi connectivity index (χ0) is 18.6. The molecule has 0 saturated heterocycles. The van der Waals surface area contributed by atoms with Gasteiger partial charge in [-0.2, -0.15) is 0 Å². The topological polar surface area (TPSA) is 70.2 Å². The molecule has 1 saturated carbocycles. The Kier molecular flexibility index (Phi) is 5.02. The van der Waals surface area contributed by atoms with Crippen molar-refractivity contribution < 1.29 is 14.0 Å². The Bertz CT molecular complexity index is 812. The first-order chi connectivity index (χ1) is 12.5. The number of halogens is 1. The van der Waals surface area contributed by atoms with Crippen LogP contribution in [0.25, 0.3) is 0 Å². The molecule has 0 unspecified atom stereocenters. The van der Waals surface area contributed by atoms with E-state index in [1.807, 2.05) is 0 Å². The van der Waals surface area contributed by atoms with Gasteiger partial charge in [0.2, 0.25) is 5.91 Å². The van der Waals surface area contributed by atoms with Gasteiger partial charge in [0.15, 0.2) is 0 Å². The molecule has 3 rings (SSSR count). The maximum absolute atomic E-state index is 13.1. The number of amides is 3. The van der Waals surface area contributed by atoms with Crippen LogP contribution in [-0.2, 0) is 10.2 Å². The number of carbonyl (C=O) groups excluding carboxylic acids is 2. The quantitative estimate of drug-likeness (QED) is 0.691. The normalized spacial score (nSPS) is 14.2. The van der Waals surface area contributed by atoms with E-state index in [2.05, 4.69) is 22.5 Å². The molecule has 0 atom stereocenters. The van der Waals surface area contributed by atoms with Gasteiger partial charge >= 0.3 is 6.03 Å². The van der Waals surface area contributed by atoms with E-state index in [0.29, 0.717) is 17.9 Å². The van der Waals surface area contributed by atoms with Gasteiger partial charge in [0, 0.05) is 17.9 Å². The summed E-state index contributed by atoms with van der Waals surface area (Å²) in [5.74, 6) is -0.418. The summed E-state index contributed by atoms with van der Waals surface area (Å²) < 4.78 is 13.1. The van der Waals surface area contributed by atoms with E-state index in [-0.39, 0.29) is 17.8 Å². The van der Waals surface area contributed by atoms with E-state index in [0.717, 1.165) is 18.4 Å². The molecule has 3 amide bonds. The van der Waals surface area contributed by atoms with Gasteiger partial charge < -0.3 is 16.0 Å². The maximum Gasteiger partial charge on any atom is 0.319 e. The van der Waals surface area contributed by atoms with Gasteiger partial charge in [0.05, 0.1) is 5.41 Å². The molecule has 5 nitrogen and oxygen atoms in total. The molecule has 2 aromatic rings. The number of rotatable bonds is 6. The first-order valence-electron chi connectivity index (χ1n) is 8.37. The lowest BCUT2D eigenvalue weighted by Crippen LogP contribution is -2.29. The molecule has 0 aliphatic heterocycles. The highest BCUT2D eigenvalue weighted by atomic mass is 19.1. The standard InChI is InChI=1S/C20H20FN3O2/c1-2-13-22-19(26)24-17-9-7-16(8-10-17)23-18(25)20(11-12-20)14-3-5-15(21)6-4-14/h2-10H,1,11-13H2,(H,23,25)(H2,22,24,26). The second-order valence-corrected chi connectivity index (χ2v) is 6.24. The van der Waals surface area contributed by atoms with E-state index in [1.54, 1.807) is 42.5 Å². The summed E-state index contributed by atoms with van der Waals surface area (Å²) in [6.07, 6.45) is 3.08. The molecule has 6 heteroatoms. The Morgan fingerprint density at radius 1 is 1.00 bits per heavy atom. The van der Waals surface area contributed by atoms with Crippen LogP contribution in [0.5, 0.6) is 0 Å². The summed E-state index contributed by atoms with van der Waals surface area (Å²) >= 11 is 0. The lowest BCUT2D eigenvalue weighted by Gasteiger charge is -2.16. The van der Waals surface area contributed by atoms with E-state index in [1.165, 1.54) is 12.1 Å². The number of urea groups is 1. The van der Waals surface area contributed by atoms with Crippen molar-refractivity contribution in [3.05, 3.63) is 72.6 Å². The number of hydrogen-bond donors (Lipinski definition) is 3. The monoisotopic (exact) mass is 353 g/mol. The van der Waals surface area contributed by atoms with E-state index < -0.39 is 5.41 Å². The fourth-order valence-corrected chi connectivity index (χ4v) is 2.77. The van der Waals surface area contributed by atoms with Crippen LogP contribution in [0.3, 0.4) is 0 Å². The van der Waals surface area contributed by atoms with E-state index >= 15 is 0 Å². The van der Waals surface area contributed by atoms with E-state index in [4.69, 9.17) is 0 Å². The van der Waals surface area contributed by atoms with Crippen molar-refractivity contribution in [2.45, 2.75) is 18.3 Å². The molecule has 1 fully saturated rings. The van der Waals surface area contributed by atoms with Gasteiger partial charge in [0.25, 0.3) is 0 Å². The van der Waals surface area contributed by atoms with Crippen molar-refractivity contribution in [1.29, 1.82) is 0 Å². The Morgan fingerprint density at radius 2 is 1.58 bits per heavy atom. The fraction of sp³-hybridized carbons (Fsp3) is 0.200. The van der Waals surface area contributed by atoms with Gasteiger partial charge in [-0.25, -0.2) is 9.18 Å². The van der Waals surface area contributed by atoms with Crippen LogP contribution in [0.15, 0.2) is 61.2 Å². The molecule has 0 radical (unpaired) electrons. The molecule has 3 N–H and O–H groups in total. The number of benzene rings is 2. The van der Waals surface area contributed by atoms with Gasteiger partial charge in [-0.15, -0.1) is 6.58 Å². The summed E-state index contributed by atoms with van der Waals surface area (Å²) in [6.45, 7) is 3.91. The van der Waals surface area contributed by atoms with Crippen LogP contribution in [0.4, 0.5) is 20.6 Å². The molecule has 0 spiro atoms. The van der Waals surface area contributed by atoms with Gasteiger partial charge in [0.1, 0.15) is 5.82 Å². The van der Waals surface area contributed by atoms with Crippen molar-refractivity contribution in [1.82, 2.24) is 5.32 Å². The summed E-state index contributed by atoms with van der Waals surface area (Å²) in [6, 6.07) is 12.6. The Labute approximate surface area is 151 Å². The van der Waals surface area contributed by atoms with E-state index in [9.17, 15) is 14.0 Å². The lowest BCUT2D eigenvalue weighted by molar-refractivity contribution is -0.118. The largest absolute Gasteiger partial charge is 0.334 e. The molecule has 0 aromatic heterocycles. The van der Waals surface area contributed by atoms with Crippen LogP contribution in [0, 0.1) is 5.82 Å². The molecule has 0 heterocycles. The number of carbonyl (C=O) groups is 2. The van der Waals surface area contributed by atoms with Crippen LogP contribution in [0.1, 0.15) is 18.4 Å². The highest BCUT2D eigenvalue weighted by Crippen LogP contribution is 2.49. The van der Waals surface area contributed by atoms with Gasteiger partial charge in [-0.05, 0) is 54.8 Å². The lowest BCUT2D eigenvalue weighted by atomic mass is 9.95. The highest BCUT2D eigenvalue weighted by molar-refractivity contribution is 6.01. The van der Waals surface area contributed by atoms with Crippen LogP contribution in [-0.4, -0.2) is 18.5 Å². The minimum atomic E-state index is -0.574. The molecular formula is C20H20FN3O2. The predicted molar refractivity (Wildman–Crippen MR) is 99.6 cm³/mol. The first kappa shape index (κ1) is 17.7. The third kappa shape index (κ3) is 3.91. The molecule has 134 valence electrons. The van der Waals surface area contributed by atoms with Crippen LogP contribution in [0.2, 0.25) is 0 Å². The van der Waals surface area contributed by atoms with Crippen LogP contribution < -0.4 is 16.0 Å². The van der Waals surface area contributed by atoms with Crippen molar-refractivity contribution in [3.63, 3.8) is 0 Å². The van der Waals surface area contributed by atoms with Crippen molar-refractivity contribution >= 4 is 23.3 Å². The molecule has 2 aromatic carbocycles. The van der Waals surface area contributed by atoms with Crippen LogP contribution >= 0.6 is 0 Å². The fourth-order valence-electron chi connectivity index (χ4n) is 2.77. The predicted octanol–water partition coefficient (Wildman–Crippen LogP) is 3.80. The molecule has 0 bridgehead atoms. The van der Waals surface area contributed by atoms with Crippen molar-refractivity contribution in [2.24, 2.45) is 0 Å². The minimum Gasteiger partial charge on any atom is -0.334 e. The Balaban J connectivity index is 1.62. The summed E-state index contributed by atoms with van der Waals surface area (Å²) in [5, 5.41) is 8.20. The summed E-state index contributed by atoms with van der Waals surface area (Å²) in [7, 11) is 0. The molecule has 26 heavy (non-hydrogen) atoms. The number of nitrogens with one attached hydrogen (secondary N) is 3. The second-order valence-electron chi connectivity index (χ2n) is 6.24. The third-order valence-electron chi connectivity index (χ3n) is 4.39. The Hall–Kier alpha value is -3.15. The van der Waals surface area contributed by atoms with Crippen molar-refractivity contribution in [2.75, 3.05) is 17.2 Å². The summed E-state index contributed by atoms with van der Waals surface area (Å²) in [4.78, 5) is 24.3. The highest BCUT2D eigenvalue weighted by Gasteiger charge is 2.51. The average molecular weight is 353 g/mol. The first-order valence-corrected chi connectivity index (χ1v) is 8.37. The van der Waals surface area contributed by atoms with Crippen molar-refractivity contribution in [3.8, 4) is 0 Å². The van der Waals surface area contributed by atoms with Gasteiger partial charge in [-0.3, -0.25) is 4.79 Å². The SMILES string of the molecule is C=CCNC(=O)Nc1ccc(NC(=O)C2(c3ccc(F)cc3)CC2)cc1. The van der Waals surface area contributed by atoms with Gasteiger partial charge in [-0.1, -0.05) is 18.2 Å². The Morgan fingerprint density at radius 3 is 2.12 bits per heavy atom. The molecular weight excluding hydrogens is 333 g/mol.